The van der Waals surface area contributed by atoms with Gasteiger partial charge in [-0.05, 0) is 36.8 Å². The van der Waals surface area contributed by atoms with Crippen molar-refractivity contribution in [3.8, 4) is 11.5 Å². The minimum atomic E-state index is -0.687. The molecule has 9 nitrogen and oxygen atoms in total. The van der Waals surface area contributed by atoms with Crippen molar-refractivity contribution >= 4 is 29.6 Å². The van der Waals surface area contributed by atoms with Crippen LogP contribution in [0.2, 0.25) is 0 Å². The highest BCUT2D eigenvalue weighted by molar-refractivity contribution is 6.13. The third-order valence-electron chi connectivity index (χ3n) is 3.75. The number of rotatable bonds is 6. The summed E-state index contributed by atoms with van der Waals surface area (Å²) in [6, 6.07) is 10.4. The molecule has 0 aliphatic carbocycles. The summed E-state index contributed by atoms with van der Waals surface area (Å²) in [5, 5.41) is 10.9. The lowest BCUT2D eigenvalue weighted by Gasteiger charge is -2.10. The summed E-state index contributed by atoms with van der Waals surface area (Å²) in [7, 11) is 0. The van der Waals surface area contributed by atoms with E-state index >= 15 is 0 Å². The summed E-state index contributed by atoms with van der Waals surface area (Å²) in [5.74, 6) is -0.592. The standard InChI is InChI=1S/C20H16N2O7/c1-3-27-18-10-13(7-8-17(18)28-12(2)23)9-16-20(24)29-19(21-16)14-5-4-6-15(11-14)22(25)26/h4-11H,3H2,1-2H3/b16-9+. The second kappa shape index (κ2) is 8.34. The SMILES string of the molecule is CCOc1cc(/C=C2/N=C(c3cccc([N+](=O)[O-])c3)OC2=O)ccc1OC(C)=O. The van der Waals surface area contributed by atoms with E-state index in [1.165, 1.54) is 31.2 Å². The Morgan fingerprint density at radius 2 is 2.03 bits per heavy atom. The number of non-ortho nitro benzene ring substituents is 1. The lowest BCUT2D eigenvalue weighted by Crippen LogP contribution is -2.06. The number of nitro benzene ring substituents is 1. The Labute approximate surface area is 165 Å². The smallest absolute Gasteiger partial charge is 0.363 e. The van der Waals surface area contributed by atoms with Gasteiger partial charge in [-0.1, -0.05) is 12.1 Å². The first-order valence-electron chi connectivity index (χ1n) is 8.60. The Morgan fingerprint density at radius 1 is 1.24 bits per heavy atom. The van der Waals surface area contributed by atoms with Crippen LogP contribution in [0.25, 0.3) is 6.08 Å². The zero-order valence-corrected chi connectivity index (χ0v) is 15.6. The average molecular weight is 396 g/mol. The number of hydrogen-bond donors (Lipinski definition) is 0. The molecular formula is C20H16N2O7. The largest absolute Gasteiger partial charge is 0.490 e. The van der Waals surface area contributed by atoms with Crippen LogP contribution in [0.3, 0.4) is 0 Å². The van der Waals surface area contributed by atoms with Gasteiger partial charge in [-0.15, -0.1) is 0 Å². The number of carbonyl (C=O) groups is 2. The summed E-state index contributed by atoms with van der Waals surface area (Å²) in [4.78, 5) is 37.9. The van der Waals surface area contributed by atoms with Crippen LogP contribution in [0, 0.1) is 10.1 Å². The molecule has 0 bridgehead atoms. The van der Waals surface area contributed by atoms with Crippen LogP contribution in [0.1, 0.15) is 25.0 Å². The molecule has 1 aliphatic heterocycles. The van der Waals surface area contributed by atoms with Crippen molar-refractivity contribution in [3.63, 3.8) is 0 Å². The average Bonchev–Trinajstić information content (AvgIpc) is 3.04. The third kappa shape index (κ3) is 4.64. The Balaban J connectivity index is 1.92. The van der Waals surface area contributed by atoms with Crippen molar-refractivity contribution in [3.05, 3.63) is 69.4 Å². The Morgan fingerprint density at radius 3 is 2.72 bits per heavy atom. The fraction of sp³-hybridized carbons (Fsp3) is 0.150. The van der Waals surface area contributed by atoms with E-state index < -0.39 is 16.9 Å². The summed E-state index contributed by atoms with van der Waals surface area (Å²) in [6.07, 6.45) is 1.48. The minimum absolute atomic E-state index is 0.0217. The van der Waals surface area contributed by atoms with E-state index in [0.717, 1.165) is 0 Å². The number of hydrogen-bond acceptors (Lipinski definition) is 8. The van der Waals surface area contributed by atoms with Gasteiger partial charge in [0.15, 0.2) is 17.2 Å². The molecule has 0 unspecified atom stereocenters. The van der Waals surface area contributed by atoms with Crippen LogP contribution < -0.4 is 9.47 Å². The van der Waals surface area contributed by atoms with E-state index in [2.05, 4.69) is 4.99 Å². The molecule has 1 aliphatic rings. The van der Waals surface area contributed by atoms with Gasteiger partial charge < -0.3 is 14.2 Å². The molecule has 2 aromatic rings. The van der Waals surface area contributed by atoms with E-state index in [9.17, 15) is 19.7 Å². The van der Waals surface area contributed by atoms with Crippen LogP contribution in [0.4, 0.5) is 5.69 Å². The van der Waals surface area contributed by atoms with Crippen LogP contribution in [-0.4, -0.2) is 29.4 Å². The summed E-state index contributed by atoms with van der Waals surface area (Å²) in [5.41, 5.74) is 0.770. The summed E-state index contributed by atoms with van der Waals surface area (Å²) >= 11 is 0. The van der Waals surface area contributed by atoms with Crippen molar-refractivity contribution in [1.82, 2.24) is 0 Å². The third-order valence-corrected chi connectivity index (χ3v) is 3.75. The van der Waals surface area contributed by atoms with Gasteiger partial charge in [0.2, 0.25) is 5.90 Å². The Kier molecular flexibility index (Phi) is 5.68. The van der Waals surface area contributed by atoms with E-state index in [1.807, 2.05) is 0 Å². The molecule has 0 atom stereocenters. The maximum atomic E-state index is 12.2. The van der Waals surface area contributed by atoms with Crippen LogP contribution in [0.15, 0.2) is 53.2 Å². The molecule has 0 N–H and O–H groups in total. The number of ether oxygens (including phenoxy) is 3. The van der Waals surface area contributed by atoms with Gasteiger partial charge in [0.25, 0.3) is 5.69 Å². The molecule has 1 heterocycles. The molecule has 29 heavy (non-hydrogen) atoms. The van der Waals surface area contributed by atoms with Gasteiger partial charge in [-0.3, -0.25) is 14.9 Å². The highest BCUT2D eigenvalue weighted by atomic mass is 16.6. The number of nitrogens with zero attached hydrogens (tertiary/aromatic N) is 2. The Hall–Kier alpha value is -4.01. The lowest BCUT2D eigenvalue weighted by atomic mass is 10.1. The number of carbonyl (C=O) groups excluding carboxylic acids is 2. The molecule has 0 fully saturated rings. The second-order valence-corrected chi connectivity index (χ2v) is 5.88. The topological polar surface area (TPSA) is 117 Å². The van der Waals surface area contributed by atoms with Crippen molar-refractivity contribution in [2.45, 2.75) is 13.8 Å². The van der Waals surface area contributed by atoms with Crippen molar-refractivity contribution in [2.75, 3.05) is 6.61 Å². The number of cyclic esters (lactones) is 1. The second-order valence-electron chi connectivity index (χ2n) is 5.88. The molecule has 0 aromatic heterocycles. The molecule has 3 rings (SSSR count). The molecule has 0 saturated heterocycles. The molecular weight excluding hydrogens is 380 g/mol. The molecule has 0 radical (unpaired) electrons. The zero-order chi connectivity index (χ0) is 21.0. The highest BCUT2D eigenvalue weighted by Gasteiger charge is 2.25. The van der Waals surface area contributed by atoms with Gasteiger partial charge in [0, 0.05) is 24.6 Å². The lowest BCUT2D eigenvalue weighted by molar-refractivity contribution is -0.384. The first-order valence-corrected chi connectivity index (χ1v) is 8.60. The number of esters is 2. The van der Waals surface area contributed by atoms with E-state index in [0.29, 0.717) is 23.5 Å². The van der Waals surface area contributed by atoms with Crippen LogP contribution >= 0.6 is 0 Å². The minimum Gasteiger partial charge on any atom is -0.490 e. The van der Waals surface area contributed by atoms with E-state index in [1.54, 1.807) is 31.2 Å². The van der Waals surface area contributed by atoms with Crippen molar-refractivity contribution < 1.29 is 28.7 Å². The van der Waals surface area contributed by atoms with Gasteiger partial charge >= 0.3 is 11.9 Å². The van der Waals surface area contributed by atoms with Crippen molar-refractivity contribution in [2.24, 2.45) is 4.99 Å². The molecule has 9 heteroatoms. The van der Waals surface area contributed by atoms with Gasteiger partial charge in [-0.25, -0.2) is 9.79 Å². The fourth-order valence-electron chi connectivity index (χ4n) is 2.56. The fourth-order valence-corrected chi connectivity index (χ4v) is 2.56. The summed E-state index contributed by atoms with van der Waals surface area (Å²) < 4.78 is 15.7. The zero-order valence-electron chi connectivity index (χ0n) is 15.6. The van der Waals surface area contributed by atoms with Gasteiger partial charge in [0.1, 0.15) is 0 Å². The first kappa shape index (κ1) is 19.7. The monoisotopic (exact) mass is 396 g/mol. The van der Waals surface area contributed by atoms with Crippen LogP contribution in [0.5, 0.6) is 11.5 Å². The highest BCUT2D eigenvalue weighted by Crippen LogP contribution is 2.30. The molecule has 2 aromatic carbocycles. The van der Waals surface area contributed by atoms with Gasteiger partial charge in [0.05, 0.1) is 11.5 Å². The Bertz CT molecular complexity index is 1060. The van der Waals surface area contributed by atoms with Crippen molar-refractivity contribution in [1.29, 1.82) is 0 Å². The quantitative estimate of drug-likeness (QED) is 0.242. The summed E-state index contributed by atoms with van der Waals surface area (Å²) in [6.45, 7) is 3.42. The molecule has 0 amide bonds. The number of aliphatic imine (C=N–C) groups is 1. The van der Waals surface area contributed by atoms with Gasteiger partial charge in [-0.2, -0.15) is 0 Å². The predicted molar refractivity (Wildman–Crippen MR) is 103 cm³/mol. The van der Waals surface area contributed by atoms with E-state index in [-0.39, 0.29) is 23.0 Å². The van der Waals surface area contributed by atoms with Crippen LogP contribution in [-0.2, 0) is 14.3 Å². The first-order chi connectivity index (χ1) is 13.9. The molecule has 0 saturated carbocycles. The predicted octanol–water partition coefficient (Wildman–Crippen LogP) is 3.26. The molecule has 148 valence electrons. The van der Waals surface area contributed by atoms with E-state index in [4.69, 9.17) is 14.2 Å². The maximum absolute atomic E-state index is 12.2. The number of benzene rings is 2. The molecule has 0 spiro atoms. The maximum Gasteiger partial charge on any atom is 0.363 e. The number of nitro groups is 1. The normalized spacial score (nSPS) is 14.3.